The molecular weight excluding hydrogens is 331 g/mol. The number of carbonyl (C=O) groups is 2. The number of methoxy groups -OCH3 is 1. The molecular formula is C17H17FN2O5. The van der Waals surface area contributed by atoms with E-state index in [9.17, 15) is 19.1 Å². The molecule has 1 unspecified atom stereocenters. The molecule has 25 heavy (non-hydrogen) atoms. The van der Waals surface area contributed by atoms with Crippen LogP contribution < -0.4 is 10.1 Å². The van der Waals surface area contributed by atoms with Gasteiger partial charge in [0.05, 0.1) is 12.8 Å². The van der Waals surface area contributed by atoms with Gasteiger partial charge < -0.3 is 19.6 Å². The van der Waals surface area contributed by atoms with Gasteiger partial charge in [-0.1, -0.05) is 6.07 Å². The molecule has 8 heteroatoms. The highest BCUT2D eigenvalue weighted by atomic mass is 19.1. The molecule has 0 bridgehead atoms. The number of carboxylic acid groups (broad SMARTS) is 1. The molecule has 2 N–H and O–H groups in total. The highest BCUT2D eigenvalue weighted by Crippen LogP contribution is 2.40. The van der Waals surface area contributed by atoms with Crippen LogP contribution in [0.5, 0.6) is 5.75 Å². The molecule has 1 aromatic carbocycles. The summed E-state index contributed by atoms with van der Waals surface area (Å²) in [6, 6.07) is 2.27. The summed E-state index contributed by atoms with van der Waals surface area (Å²) in [5, 5.41) is 11.7. The summed E-state index contributed by atoms with van der Waals surface area (Å²) in [6.45, 7) is 1.62. The quantitative estimate of drug-likeness (QED) is 0.832. The first kappa shape index (κ1) is 16.9. The fourth-order valence-corrected chi connectivity index (χ4v) is 2.48. The van der Waals surface area contributed by atoms with Gasteiger partial charge in [-0.25, -0.2) is 14.2 Å². The van der Waals surface area contributed by atoms with Gasteiger partial charge in [0.15, 0.2) is 23.5 Å². The maximum absolute atomic E-state index is 13.8. The lowest BCUT2D eigenvalue weighted by Crippen LogP contribution is -2.34. The molecule has 1 aliphatic rings. The minimum absolute atomic E-state index is 0.0145. The van der Waals surface area contributed by atoms with E-state index >= 15 is 0 Å². The zero-order valence-corrected chi connectivity index (χ0v) is 13.7. The van der Waals surface area contributed by atoms with E-state index in [1.54, 1.807) is 6.92 Å². The Morgan fingerprint density at radius 2 is 2.16 bits per heavy atom. The van der Waals surface area contributed by atoms with Gasteiger partial charge in [0.25, 0.3) is 5.91 Å². The van der Waals surface area contributed by atoms with Crippen LogP contribution in [0.1, 0.15) is 52.5 Å². The smallest absolute Gasteiger partial charge is 0.330 e. The Morgan fingerprint density at radius 1 is 1.44 bits per heavy atom. The van der Waals surface area contributed by atoms with Crippen LogP contribution in [-0.2, 0) is 4.79 Å². The SMILES string of the molecule is COc1ccc(C(NC(=O)c2oc(C3CC3)nc2C)C(=O)O)cc1F. The zero-order chi connectivity index (χ0) is 18.1. The van der Waals surface area contributed by atoms with Gasteiger partial charge in [0.2, 0.25) is 5.76 Å². The van der Waals surface area contributed by atoms with E-state index in [1.807, 2.05) is 0 Å². The Labute approximate surface area is 142 Å². The van der Waals surface area contributed by atoms with Crippen molar-refractivity contribution in [3.05, 3.63) is 46.9 Å². The van der Waals surface area contributed by atoms with Gasteiger partial charge in [-0.05, 0) is 37.5 Å². The third-order valence-corrected chi connectivity index (χ3v) is 3.98. The normalized spacial score (nSPS) is 14.8. The van der Waals surface area contributed by atoms with E-state index in [4.69, 9.17) is 9.15 Å². The fourth-order valence-electron chi connectivity index (χ4n) is 2.48. The lowest BCUT2D eigenvalue weighted by atomic mass is 10.1. The van der Waals surface area contributed by atoms with Crippen molar-refractivity contribution in [2.45, 2.75) is 31.7 Å². The Morgan fingerprint density at radius 3 is 2.72 bits per heavy atom. The number of halogens is 1. The number of benzene rings is 1. The van der Waals surface area contributed by atoms with Crippen LogP contribution in [0.2, 0.25) is 0 Å². The Kier molecular flexibility index (Phi) is 4.43. The first-order valence-corrected chi connectivity index (χ1v) is 7.75. The molecule has 1 atom stereocenters. The van der Waals surface area contributed by atoms with Crippen LogP contribution >= 0.6 is 0 Å². The largest absolute Gasteiger partial charge is 0.494 e. The first-order valence-electron chi connectivity index (χ1n) is 7.75. The second-order valence-electron chi connectivity index (χ2n) is 5.88. The predicted molar refractivity (Wildman–Crippen MR) is 84.0 cm³/mol. The van der Waals surface area contributed by atoms with E-state index < -0.39 is 23.7 Å². The number of oxazole rings is 1. The summed E-state index contributed by atoms with van der Waals surface area (Å²) in [5.74, 6) is -2.07. The van der Waals surface area contributed by atoms with Crippen molar-refractivity contribution >= 4 is 11.9 Å². The van der Waals surface area contributed by atoms with Crippen LogP contribution in [0.15, 0.2) is 22.6 Å². The summed E-state index contributed by atoms with van der Waals surface area (Å²) >= 11 is 0. The lowest BCUT2D eigenvalue weighted by molar-refractivity contribution is -0.139. The van der Waals surface area contributed by atoms with Gasteiger partial charge in [-0.2, -0.15) is 0 Å². The Bertz CT molecular complexity index is 828. The average Bonchev–Trinajstić information content (AvgIpc) is 3.34. The number of carbonyl (C=O) groups excluding carboxylic acids is 1. The van der Waals surface area contributed by atoms with E-state index in [-0.39, 0.29) is 23.0 Å². The Hall–Kier alpha value is -2.90. The number of aliphatic carboxylic acids is 1. The summed E-state index contributed by atoms with van der Waals surface area (Å²) in [5.41, 5.74) is 0.475. The molecule has 1 aliphatic carbocycles. The molecule has 3 rings (SSSR count). The summed E-state index contributed by atoms with van der Waals surface area (Å²) in [7, 11) is 1.30. The highest BCUT2D eigenvalue weighted by molar-refractivity contribution is 5.95. The molecule has 7 nitrogen and oxygen atoms in total. The van der Waals surface area contributed by atoms with Gasteiger partial charge >= 0.3 is 5.97 Å². The van der Waals surface area contributed by atoms with Crippen molar-refractivity contribution in [1.29, 1.82) is 0 Å². The van der Waals surface area contributed by atoms with Crippen molar-refractivity contribution < 1.29 is 28.2 Å². The second-order valence-corrected chi connectivity index (χ2v) is 5.88. The van der Waals surface area contributed by atoms with Crippen LogP contribution in [0.4, 0.5) is 4.39 Å². The molecule has 132 valence electrons. The summed E-state index contributed by atoms with van der Waals surface area (Å²) in [6.07, 6.45) is 1.92. The van der Waals surface area contributed by atoms with Gasteiger partial charge in [0, 0.05) is 5.92 Å². The molecule has 1 saturated carbocycles. The minimum atomic E-state index is -1.43. The molecule has 1 amide bonds. The monoisotopic (exact) mass is 348 g/mol. The van der Waals surface area contributed by atoms with Gasteiger partial charge in [-0.3, -0.25) is 4.79 Å². The van der Waals surface area contributed by atoms with E-state index in [0.29, 0.717) is 11.6 Å². The van der Waals surface area contributed by atoms with Crippen molar-refractivity contribution in [3.8, 4) is 5.75 Å². The number of nitrogens with zero attached hydrogens (tertiary/aromatic N) is 1. The lowest BCUT2D eigenvalue weighted by Gasteiger charge is -2.15. The minimum Gasteiger partial charge on any atom is -0.494 e. The first-order chi connectivity index (χ1) is 11.9. The molecule has 0 radical (unpaired) electrons. The van der Waals surface area contributed by atoms with Crippen LogP contribution in [0, 0.1) is 12.7 Å². The van der Waals surface area contributed by atoms with Crippen molar-refractivity contribution in [3.63, 3.8) is 0 Å². The number of carboxylic acids is 1. The molecule has 0 spiro atoms. The van der Waals surface area contributed by atoms with Crippen LogP contribution in [-0.4, -0.2) is 29.1 Å². The average molecular weight is 348 g/mol. The second kappa shape index (κ2) is 6.54. The number of ether oxygens (including phenoxy) is 1. The van der Waals surface area contributed by atoms with Crippen LogP contribution in [0.3, 0.4) is 0 Å². The standard InChI is InChI=1S/C17H17FN2O5/c1-8-14(25-16(19-8)9-3-4-9)15(21)20-13(17(22)23)10-5-6-12(24-2)11(18)7-10/h5-7,9,13H,3-4H2,1-2H3,(H,20,21)(H,22,23). The molecule has 1 aromatic heterocycles. The highest BCUT2D eigenvalue weighted by Gasteiger charge is 2.32. The molecule has 0 saturated heterocycles. The summed E-state index contributed by atoms with van der Waals surface area (Å²) in [4.78, 5) is 28.1. The molecule has 1 fully saturated rings. The molecule has 2 aromatic rings. The van der Waals surface area contributed by atoms with Crippen molar-refractivity contribution in [2.24, 2.45) is 0 Å². The number of hydrogen-bond donors (Lipinski definition) is 2. The topological polar surface area (TPSA) is 102 Å². The zero-order valence-electron chi connectivity index (χ0n) is 13.7. The number of amides is 1. The van der Waals surface area contributed by atoms with E-state index in [2.05, 4.69) is 10.3 Å². The van der Waals surface area contributed by atoms with E-state index in [1.165, 1.54) is 19.2 Å². The number of aromatic nitrogens is 1. The van der Waals surface area contributed by atoms with Gasteiger partial charge in [-0.15, -0.1) is 0 Å². The predicted octanol–water partition coefficient (Wildman–Crippen LogP) is 2.56. The maximum atomic E-state index is 13.8. The Balaban J connectivity index is 1.83. The number of hydrogen-bond acceptors (Lipinski definition) is 5. The van der Waals surface area contributed by atoms with Gasteiger partial charge in [0.1, 0.15) is 0 Å². The summed E-state index contributed by atoms with van der Waals surface area (Å²) < 4.78 is 24.1. The maximum Gasteiger partial charge on any atom is 0.330 e. The molecule has 1 heterocycles. The van der Waals surface area contributed by atoms with Crippen molar-refractivity contribution in [2.75, 3.05) is 7.11 Å². The number of aryl methyl sites for hydroxylation is 1. The molecule has 0 aliphatic heterocycles. The third-order valence-electron chi connectivity index (χ3n) is 3.98. The van der Waals surface area contributed by atoms with Crippen molar-refractivity contribution in [1.82, 2.24) is 10.3 Å². The fraction of sp³-hybridized carbons (Fsp3) is 0.353. The number of rotatable bonds is 6. The third kappa shape index (κ3) is 3.47. The van der Waals surface area contributed by atoms with Crippen LogP contribution in [0.25, 0.3) is 0 Å². The number of nitrogens with one attached hydrogen (secondary N) is 1. The van der Waals surface area contributed by atoms with E-state index in [0.717, 1.165) is 18.9 Å².